The molecule has 3 aromatic rings. The maximum atomic E-state index is 6.35. The highest BCUT2D eigenvalue weighted by Crippen LogP contribution is 2.23. The predicted octanol–water partition coefficient (Wildman–Crippen LogP) is 3.00. The molecular weight excluding hydrogens is 260 g/mol. The third-order valence-corrected chi connectivity index (χ3v) is 3.77. The molecule has 2 heterocycles. The van der Waals surface area contributed by atoms with E-state index in [1.807, 2.05) is 36.1 Å². The van der Waals surface area contributed by atoms with Crippen molar-refractivity contribution >= 4 is 10.9 Å². The Balaban J connectivity index is 1.94. The van der Waals surface area contributed by atoms with Gasteiger partial charge in [-0.15, -0.1) is 0 Å². The zero-order chi connectivity index (χ0) is 14.8. The second-order valence-corrected chi connectivity index (χ2v) is 5.39. The summed E-state index contributed by atoms with van der Waals surface area (Å²) in [5.41, 5.74) is 10.8. The summed E-state index contributed by atoms with van der Waals surface area (Å²) < 4.78 is 2.03. The van der Waals surface area contributed by atoms with E-state index in [9.17, 15) is 0 Å². The smallest absolute Gasteiger partial charge is 0.0722 e. The molecule has 1 atom stereocenters. The molecule has 1 unspecified atom stereocenters. The van der Waals surface area contributed by atoms with E-state index in [0.29, 0.717) is 0 Å². The molecule has 108 valence electrons. The summed E-state index contributed by atoms with van der Waals surface area (Å²) in [7, 11) is 0. The van der Waals surface area contributed by atoms with Crippen molar-refractivity contribution in [2.24, 2.45) is 5.73 Å². The largest absolute Gasteiger partial charge is 0.324 e. The van der Waals surface area contributed by atoms with Crippen LogP contribution in [0.25, 0.3) is 10.9 Å². The van der Waals surface area contributed by atoms with Crippen molar-refractivity contribution in [2.45, 2.75) is 32.9 Å². The zero-order valence-electron chi connectivity index (χ0n) is 12.5. The van der Waals surface area contributed by atoms with Gasteiger partial charge < -0.3 is 5.73 Å². The summed E-state index contributed by atoms with van der Waals surface area (Å²) in [6.07, 6.45) is 4.41. The van der Waals surface area contributed by atoms with Gasteiger partial charge in [0, 0.05) is 36.8 Å². The maximum absolute atomic E-state index is 6.35. The van der Waals surface area contributed by atoms with E-state index >= 15 is 0 Å². The van der Waals surface area contributed by atoms with E-state index in [1.54, 1.807) is 0 Å². The number of hydrogen-bond acceptors (Lipinski definition) is 3. The van der Waals surface area contributed by atoms with Gasteiger partial charge in [0.25, 0.3) is 0 Å². The van der Waals surface area contributed by atoms with E-state index in [-0.39, 0.29) is 6.04 Å². The number of hydrogen-bond donors (Lipinski definition) is 1. The minimum Gasteiger partial charge on any atom is -0.324 e. The highest BCUT2D eigenvalue weighted by Gasteiger charge is 2.14. The number of aromatic nitrogens is 3. The summed E-state index contributed by atoms with van der Waals surface area (Å²) in [6, 6.07) is 10.3. The molecule has 0 radical (unpaired) electrons. The predicted molar refractivity (Wildman–Crippen MR) is 85.0 cm³/mol. The lowest BCUT2D eigenvalue weighted by Gasteiger charge is -2.10. The lowest BCUT2D eigenvalue weighted by atomic mass is 10.0. The van der Waals surface area contributed by atoms with Crippen LogP contribution in [-0.2, 0) is 13.0 Å². The van der Waals surface area contributed by atoms with Gasteiger partial charge in [-0.3, -0.25) is 9.67 Å². The number of pyridine rings is 1. The second kappa shape index (κ2) is 5.66. The standard InChI is InChI=1S/C17H20N4/c1-3-21-17-7-5-4-6-14(17)16(20-21)9-15(18)13-8-12(2)10-19-11-13/h4-8,10-11,15H,3,9,18H2,1-2H3. The number of rotatable bonds is 4. The van der Waals surface area contributed by atoms with Crippen LogP contribution < -0.4 is 5.73 Å². The van der Waals surface area contributed by atoms with Crippen LogP contribution in [0.1, 0.15) is 29.8 Å². The zero-order valence-corrected chi connectivity index (χ0v) is 12.5. The fourth-order valence-electron chi connectivity index (χ4n) is 2.70. The molecular formula is C17H20N4. The van der Waals surface area contributed by atoms with E-state index in [4.69, 9.17) is 10.8 Å². The molecule has 0 aliphatic carbocycles. The number of para-hydroxylation sites is 1. The van der Waals surface area contributed by atoms with Crippen LogP contribution in [0.4, 0.5) is 0 Å². The Labute approximate surface area is 124 Å². The van der Waals surface area contributed by atoms with Gasteiger partial charge in [-0.1, -0.05) is 24.3 Å². The molecule has 0 saturated heterocycles. The van der Waals surface area contributed by atoms with Gasteiger partial charge in [0.1, 0.15) is 0 Å². The van der Waals surface area contributed by atoms with Crippen LogP contribution in [-0.4, -0.2) is 14.8 Å². The van der Waals surface area contributed by atoms with Crippen LogP contribution in [0, 0.1) is 6.92 Å². The van der Waals surface area contributed by atoms with Gasteiger partial charge in [-0.2, -0.15) is 5.10 Å². The maximum Gasteiger partial charge on any atom is 0.0722 e. The number of benzene rings is 1. The average molecular weight is 280 g/mol. The number of nitrogens with zero attached hydrogens (tertiary/aromatic N) is 3. The quantitative estimate of drug-likeness (QED) is 0.799. The molecule has 3 rings (SSSR count). The highest BCUT2D eigenvalue weighted by molar-refractivity contribution is 5.82. The first-order chi connectivity index (χ1) is 10.2. The minimum absolute atomic E-state index is 0.0824. The Morgan fingerprint density at radius 1 is 1.24 bits per heavy atom. The Bertz CT molecular complexity index is 760. The summed E-state index contributed by atoms with van der Waals surface area (Å²) in [6.45, 7) is 5.00. The Morgan fingerprint density at radius 2 is 2.05 bits per heavy atom. The molecule has 2 aromatic heterocycles. The van der Waals surface area contributed by atoms with E-state index in [2.05, 4.69) is 30.1 Å². The average Bonchev–Trinajstić information content (AvgIpc) is 2.85. The molecule has 0 saturated carbocycles. The molecule has 0 fully saturated rings. The van der Waals surface area contributed by atoms with Gasteiger partial charge >= 0.3 is 0 Å². The normalized spacial score (nSPS) is 12.7. The molecule has 0 aliphatic rings. The molecule has 21 heavy (non-hydrogen) atoms. The van der Waals surface area contributed by atoms with Gasteiger partial charge in [0.15, 0.2) is 0 Å². The lowest BCUT2D eigenvalue weighted by Crippen LogP contribution is -2.14. The van der Waals surface area contributed by atoms with Crippen molar-refractivity contribution in [2.75, 3.05) is 0 Å². The fourth-order valence-corrected chi connectivity index (χ4v) is 2.70. The molecule has 0 bridgehead atoms. The summed E-state index contributed by atoms with van der Waals surface area (Å²) in [5.74, 6) is 0. The van der Waals surface area contributed by atoms with Crippen molar-refractivity contribution in [3.63, 3.8) is 0 Å². The van der Waals surface area contributed by atoms with Crippen molar-refractivity contribution in [3.05, 3.63) is 59.5 Å². The summed E-state index contributed by atoms with van der Waals surface area (Å²) in [5, 5.41) is 5.90. The molecule has 0 spiro atoms. The van der Waals surface area contributed by atoms with E-state index in [0.717, 1.165) is 29.8 Å². The Kier molecular flexibility index (Phi) is 3.71. The number of nitrogens with two attached hydrogens (primary N) is 1. The van der Waals surface area contributed by atoms with Crippen LogP contribution in [0.15, 0.2) is 42.7 Å². The van der Waals surface area contributed by atoms with Crippen LogP contribution >= 0.6 is 0 Å². The van der Waals surface area contributed by atoms with Gasteiger partial charge in [-0.25, -0.2) is 0 Å². The Morgan fingerprint density at radius 3 is 2.81 bits per heavy atom. The molecule has 2 N–H and O–H groups in total. The topological polar surface area (TPSA) is 56.7 Å². The van der Waals surface area contributed by atoms with E-state index < -0.39 is 0 Å². The number of fused-ring (bicyclic) bond motifs is 1. The summed E-state index contributed by atoms with van der Waals surface area (Å²) in [4.78, 5) is 4.23. The van der Waals surface area contributed by atoms with E-state index in [1.165, 1.54) is 10.9 Å². The van der Waals surface area contributed by atoms with Crippen molar-refractivity contribution in [1.82, 2.24) is 14.8 Å². The van der Waals surface area contributed by atoms with Gasteiger partial charge in [0.2, 0.25) is 0 Å². The molecule has 0 amide bonds. The first-order valence-electron chi connectivity index (χ1n) is 7.30. The monoisotopic (exact) mass is 280 g/mol. The summed E-state index contributed by atoms with van der Waals surface area (Å²) >= 11 is 0. The van der Waals surface area contributed by atoms with Crippen LogP contribution in [0.3, 0.4) is 0 Å². The highest BCUT2D eigenvalue weighted by atomic mass is 15.3. The first kappa shape index (κ1) is 13.8. The molecule has 1 aromatic carbocycles. The van der Waals surface area contributed by atoms with Crippen molar-refractivity contribution in [3.8, 4) is 0 Å². The first-order valence-corrected chi connectivity index (χ1v) is 7.30. The van der Waals surface area contributed by atoms with Crippen LogP contribution in [0.5, 0.6) is 0 Å². The van der Waals surface area contributed by atoms with Gasteiger partial charge in [-0.05, 0) is 31.0 Å². The fraction of sp³-hybridized carbons (Fsp3) is 0.294. The van der Waals surface area contributed by atoms with Crippen molar-refractivity contribution < 1.29 is 0 Å². The van der Waals surface area contributed by atoms with Gasteiger partial charge in [0.05, 0.1) is 11.2 Å². The minimum atomic E-state index is -0.0824. The Hall–Kier alpha value is -2.20. The third kappa shape index (κ3) is 2.67. The molecule has 0 aliphatic heterocycles. The molecule has 4 nitrogen and oxygen atoms in total. The van der Waals surface area contributed by atoms with Crippen LogP contribution in [0.2, 0.25) is 0 Å². The SMILES string of the molecule is CCn1nc(CC(N)c2cncc(C)c2)c2ccccc21. The molecule has 4 heteroatoms. The number of aryl methyl sites for hydroxylation is 2. The second-order valence-electron chi connectivity index (χ2n) is 5.39. The van der Waals surface area contributed by atoms with Crippen molar-refractivity contribution in [1.29, 1.82) is 0 Å². The lowest BCUT2D eigenvalue weighted by molar-refractivity contribution is 0.640. The third-order valence-electron chi connectivity index (χ3n) is 3.77.